The van der Waals surface area contributed by atoms with Gasteiger partial charge < -0.3 is 9.52 Å². The SMILES string of the molecule is C=CCSc1nnc(N2C(=O)C(O)=C(C(=O)c3ccco3)[C@H]2c2ccccc2F)s1. The number of carbonyl (C=O) groups excluding carboxylic acids is 2. The summed E-state index contributed by atoms with van der Waals surface area (Å²) in [4.78, 5) is 27.0. The number of amides is 1. The minimum Gasteiger partial charge on any atom is -0.503 e. The van der Waals surface area contributed by atoms with Crippen LogP contribution >= 0.6 is 23.1 Å². The summed E-state index contributed by atoms with van der Waals surface area (Å²) in [5.41, 5.74) is -0.240. The van der Waals surface area contributed by atoms with Crippen molar-refractivity contribution in [1.29, 1.82) is 0 Å². The molecule has 3 aromatic rings. The third-order valence-corrected chi connectivity index (χ3v) is 6.38. The van der Waals surface area contributed by atoms with Crippen molar-refractivity contribution in [2.75, 3.05) is 10.7 Å². The van der Waals surface area contributed by atoms with Gasteiger partial charge in [-0.05, 0) is 18.2 Å². The predicted molar refractivity (Wildman–Crippen MR) is 110 cm³/mol. The molecule has 1 aromatic carbocycles. The molecule has 0 aliphatic carbocycles. The number of thioether (sulfide) groups is 1. The summed E-state index contributed by atoms with van der Waals surface area (Å²) in [6, 6.07) is 7.43. The smallest absolute Gasteiger partial charge is 0.296 e. The largest absolute Gasteiger partial charge is 0.503 e. The highest BCUT2D eigenvalue weighted by Crippen LogP contribution is 2.44. The van der Waals surface area contributed by atoms with E-state index in [1.165, 1.54) is 48.4 Å². The molecular formula is C20H14FN3O4S2. The van der Waals surface area contributed by atoms with Gasteiger partial charge in [0.15, 0.2) is 15.9 Å². The molecular weight excluding hydrogens is 429 g/mol. The maximum Gasteiger partial charge on any atom is 0.296 e. The summed E-state index contributed by atoms with van der Waals surface area (Å²) >= 11 is 2.46. The molecule has 1 amide bonds. The van der Waals surface area contributed by atoms with Crippen LogP contribution in [0.25, 0.3) is 0 Å². The van der Waals surface area contributed by atoms with Crippen LogP contribution in [0.2, 0.25) is 0 Å². The lowest BCUT2D eigenvalue weighted by molar-refractivity contribution is -0.117. The summed E-state index contributed by atoms with van der Waals surface area (Å²) in [5, 5.41) is 18.7. The van der Waals surface area contributed by atoms with E-state index in [2.05, 4.69) is 16.8 Å². The van der Waals surface area contributed by atoms with E-state index in [-0.39, 0.29) is 22.0 Å². The first-order valence-electron chi connectivity index (χ1n) is 8.69. The second-order valence-corrected chi connectivity index (χ2v) is 8.34. The zero-order valence-electron chi connectivity index (χ0n) is 15.3. The normalized spacial score (nSPS) is 16.4. The van der Waals surface area contributed by atoms with E-state index in [9.17, 15) is 19.1 Å². The monoisotopic (exact) mass is 443 g/mol. The van der Waals surface area contributed by atoms with E-state index >= 15 is 0 Å². The average molecular weight is 443 g/mol. The molecule has 10 heteroatoms. The lowest BCUT2D eigenvalue weighted by Gasteiger charge is -2.24. The van der Waals surface area contributed by atoms with Gasteiger partial charge in [0, 0.05) is 11.3 Å². The number of ketones is 1. The van der Waals surface area contributed by atoms with Crippen LogP contribution in [0.1, 0.15) is 22.2 Å². The highest BCUT2D eigenvalue weighted by atomic mass is 32.2. The number of nitrogens with zero attached hydrogens (tertiary/aromatic N) is 3. The molecule has 30 heavy (non-hydrogen) atoms. The van der Waals surface area contributed by atoms with Crippen molar-refractivity contribution < 1.29 is 23.5 Å². The first-order valence-corrected chi connectivity index (χ1v) is 10.5. The number of aromatic nitrogens is 2. The van der Waals surface area contributed by atoms with Crippen molar-refractivity contribution in [3.05, 3.63) is 83.8 Å². The van der Waals surface area contributed by atoms with Crippen LogP contribution in [0.4, 0.5) is 9.52 Å². The number of aliphatic hydroxyl groups is 1. The Morgan fingerprint density at radius 1 is 1.33 bits per heavy atom. The number of anilines is 1. The van der Waals surface area contributed by atoms with E-state index in [1.807, 2.05) is 0 Å². The van der Waals surface area contributed by atoms with Crippen LogP contribution in [0.3, 0.4) is 0 Å². The van der Waals surface area contributed by atoms with Crippen LogP contribution in [-0.2, 0) is 4.79 Å². The Balaban J connectivity index is 1.83. The fourth-order valence-electron chi connectivity index (χ4n) is 3.05. The van der Waals surface area contributed by atoms with E-state index in [0.29, 0.717) is 10.1 Å². The Hall–Kier alpha value is -3.24. The Labute approximate surface area is 178 Å². The zero-order chi connectivity index (χ0) is 21.3. The molecule has 152 valence electrons. The van der Waals surface area contributed by atoms with E-state index < -0.39 is 29.3 Å². The summed E-state index contributed by atoms with van der Waals surface area (Å²) in [6.45, 7) is 3.64. The number of Topliss-reactive ketones (excluding diaryl/α,β-unsaturated/α-hetero) is 1. The number of furan rings is 1. The van der Waals surface area contributed by atoms with Crippen molar-refractivity contribution in [3.63, 3.8) is 0 Å². The predicted octanol–water partition coefficient (Wildman–Crippen LogP) is 4.33. The third kappa shape index (κ3) is 3.44. The number of hydrogen-bond donors (Lipinski definition) is 1. The first-order chi connectivity index (χ1) is 14.5. The quantitative estimate of drug-likeness (QED) is 0.251. The van der Waals surface area contributed by atoms with Gasteiger partial charge in [-0.1, -0.05) is 47.4 Å². The minimum absolute atomic E-state index is 0.0419. The molecule has 0 saturated heterocycles. The third-order valence-electron chi connectivity index (χ3n) is 4.32. The van der Waals surface area contributed by atoms with Crippen LogP contribution in [0.15, 0.2) is 75.4 Å². The molecule has 0 spiro atoms. The van der Waals surface area contributed by atoms with Gasteiger partial charge in [0.2, 0.25) is 10.9 Å². The second-order valence-electron chi connectivity index (χ2n) is 6.12. The van der Waals surface area contributed by atoms with Gasteiger partial charge in [-0.15, -0.1) is 16.8 Å². The fourth-order valence-corrected chi connectivity index (χ4v) is 4.68. The number of rotatable bonds is 7. The molecule has 1 atom stereocenters. The van der Waals surface area contributed by atoms with Gasteiger partial charge in [-0.3, -0.25) is 14.5 Å². The molecule has 4 rings (SSSR count). The van der Waals surface area contributed by atoms with E-state index in [4.69, 9.17) is 4.42 Å². The maximum absolute atomic E-state index is 14.7. The summed E-state index contributed by atoms with van der Waals surface area (Å²) in [5.74, 6) is -2.48. The van der Waals surface area contributed by atoms with Crippen molar-refractivity contribution in [2.45, 2.75) is 10.4 Å². The highest BCUT2D eigenvalue weighted by Gasteiger charge is 2.47. The van der Waals surface area contributed by atoms with Crippen molar-refractivity contribution in [3.8, 4) is 0 Å². The summed E-state index contributed by atoms with van der Waals surface area (Å²) in [6.07, 6.45) is 2.99. The van der Waals surface area contributed by atoms with E-state index in [0.717, 1.165) is 16.2 Å². The maximum atomic E-state index is 14.7. The molecule has 1 aliphatic rings. The number of carbonyl (C=O) groups is 2. The fraction of sp³-hybridized carbons (Fsp3) is 0.100. The van der Waals surface area contributed by atoms with Crippen molar-refractivity contribution >= 4 is 39.9 Å². The van der Waals surface area contributed by atoms with Crippen LogP contribution in [0, 0.1) is 5.82 Å². The van der Waals surface area contributed by atoms with Crippen LogP contribution in [-0.4, -0.2) is 32.7 Å². The van der Waals surface area contributed by atoms with Crippen LogP contribution in [0.5, 0.6) is 0 Å². The molecule has 2 aromatic heterocycles. The summed E-state index contributed by atoms with van der Waals surface area (Å²) in [7, 11) is 0. The molecule has 0 saturated carbocycles. The molecule has 3 heterocycles. The Kier molecular flexibility index (Phi) is 5.51. The van der Waals surface area contributed by atoms with Crippen molar-refractivity contribution in [1.82, 2.24) is 10.2 Å². The number of benzene rings is 1. The lowest BCUT2D eigenvalue weighted by Crippen LogP contribution is -2.31. The molecule has 1 N–H and O–H groups in total. The molecule has 1 aliphatic heterocycles. The van der Waals surface area contributed by atoms with Gasteiger partial charge in [0.25, 0.3) is 5.91 Å². The Bertz CT molecular complexity index is 1160. The van der Waals surface area contributed by atoms with Crippen LogP contribution < -0.4 is 4.90 Å². The molecule has 0 bridgehead atoms. The second kappa shape index (κ2) is 8.25. The van der Waals surface area contributed by atoms with Gasteiger partial charge in [0.05, 0.1) is 11.8 Å². The summed E-state index contributed by atoms with van der Waals surface area (Å²) < 4.78 is 20.4. The standard InChI is InChI=1S/C20H14FN3O4S2/c1-2-10-29-20-23-22-19(30-20)24-15(11-6-3-4-7-12(11)21)14(17(26)18(24)27)16(25)13-8-5-9-28-13/h2-9,15,26H,1,10H2/t15-/m1/s1. The molecule has 0 fully saturated rings. The number of aliphatic hydroxyl groups excluding tert-OH is 1. The minimum atomic E-state index is -1.22. The Morgan fingerprint density at radius 2 is 2.13 bits per heavy atom. The first kappa shape index (κ1) is 20.0. The van der Waals surface area contributed by atoms with Gasteiger partial charge in [-0.25, -0.2) is 4.39 Å². The molecule has 0 unspecified atom stereocenters. The number of halogens is 1. The average Bonchev–Trinajstić information content (AvgIpc) is 3.48. The van der Waals surface area contributed by atoms with Crippen molar-refractivity contribution in [2.24, 2.45) is 0 Å². The number of hydrogen-bond acceptors (Lipinski definition) is 8. The molecule has 0 radical (unpaired) electrons. The van der Waals surface area contributed by atoms with Gasteiger partial charge in [0.1, 0.15) is 11.9 Å². The topological polar surface area (TPSA) is 96.5 Å². The lowest BCUT2D eigenvalue weighted by atomic mass is 9.95. The Morgan fingerprint density at radius 3 is 2.83 bits per heavy atom. The molecule has 7 nitrogen and oxygen atoms in total. The van der Waals surface area contributed by atoms with E-state index in [1.54, 1.807) is 12.1 Å². The van der Waals surface area contributed by atoms with Gasteiger partial charge >= 0.3 is 0 Å². The van der Waals surface area contributed by atoms with Gasteiger partial charge in [-0.2, -0.15) is 0 Å². The highest BCUT2D eigenvalue weighted by molar-refractivity contribution is 8.01. The zero-order valence-corrected chi connectivity index (χ0v) is 17.0.